The fourth-order valence-corrected chi connectivity index (χ4v) is 5.13. The lowest BCUT2D eigenvalue weighted by Gasteiger charge is -2.29. The van der Waals surface area contributed by atoms with Crippen molar-refractivity contribution in [3.63, 3.8) is 0 Å². The van der Waals surface area contributed by atoms with Crippen LogP contribution in [0, 0.1) is 5.82 Å². The highest BCUT2D eigenvalue weighted by atomic mass is 32.2. The third kappa shape index (κ3) is 4.90. The molecule has 0 unspecified atom stereocenters. The zero-order valence-electron chi connectivity index (χ0n) is 19.1. The number of hydrogen-bond donors (Lipinski definition) is 1. The second kappa shape index (κ2) is 9.54. The van der Waals surface area contributed by atoms with E-state index in [1.165, 1.54) is 33.6 Å². The number of rotatable bonds is 5. The molecule has 1 N–H and O–H groups in total. The topological polar surface area (TPSA) is 93.2 Å². The van der Waals surface area contributed by atoms with Crippen LogP contribution in [0.4, 0.5) is 23.2 Å². The normalized spacial score (nSPS) is 14.3. The maximum atomic E-state index is 15.0. The van der Waals surface area contributed by atoms with Crippen molar-refractivity contribution in [3.05, 3.63) is 81.7 Å². The molecular formula is C24H19F4N5O3S. The van der Waals surface area contributed by atoms with Crippen LogP contribution in [0.1, 0.15) is 21.6 Å². The Morgan fingerprint density at radius 3 is 2.57 bits per heavy atom. The number of hydrogen-bond acceptors (Lipinski definition) is 6. The number of halogens is 4. The number of carboxylic acid groups (broad SMARTS) is 1. The minimum absolute atomic E-state index is 0.0586. The first-order valence-electron chi connectivity index (χ1n) is 11.1. The molecule has 0 atom stereocenters. The summed E-state index contributed by atoms with van der Waals surface area (Å²) in [6.45, 7) is 1.18. The van der Waals surface area contributed by atoms with Crippen molar-refractivity contribution in [1.82, 2.24) is 19.6 Å². The molecule has 13 heteroatoms. The van der Waals surface area contributed by atoms with Crippen molar-refractivity contribution >= 4 is 34.3 Å². The number of anilines is 1. The summed E-state index contributed by atoms with van der Waals surface area (Å²) in [5, 5.41) is 17.4. The fourth-order valence-electron chi connectivity index (χ4n) is 4.23. The summed E-state index contributed by atoms with van der Waals surface area (Å²) in [6.07, 6.45) is -1.96. The van der Waals surface area contributed by atoms with Crippen molar-refractivity contribution in [2.45, 2.75) is 12.7 Å². The quantitative estimate of drug-likeness (QED) is 0.387. The van der Waals surface area contributed by atoms with Gasteiger partial charge in [-0.05, 0) is 30.3 Å². The minimum atomic E-state index is -4.53. The van der Waals surface area contributed by atoms with E-state index in [1.54, 1.807) is 11.8 Å². The number of carbonyl (C=O) groups is 1. The predicted octanol–water partition coefficient (Wildman–Crippen LogP) is 4.04. The smallest absolute Gasteiger partial charge is 0.416 e. The summed E-state index contributed by atoms with van der Waals surface area (Å²) in [5.41, 5.74) is -1.17. The van der Waals surface area contributed by atoms with E-state index in [4.69, 9.17) is 0 Å². The van der Waals surface area contributed by atoms with Crippen LogP contribution in [0.25, 0.3) is 16.6 Å². The first-order valence-corrected chi connectivity index (χ1v) is 12.3. The molecule has 1 saturated heterocycles. The SMILES string of the molecule is O=C(O)c1cn(Cc2cn(-c3cccc(C(F)(F)F)c3)nn2)c2cc(N3CCSCC3)c(F)cc2c1=O. The molecule has 1 aliphatic heterocycles. The van der Waals surface area contributed by atoms with E-state index in [-0.39, 0.29) is 17.6 Å². The number of aromatic nitrogens is 4. The maximum absolute atomic E-state index is 15.0. The molecule has 0 spiro atoms. The summed E-state index contributed by atoms with van der Waals surface area (Å²) >= 11 is 1.75. The molecule has 3 heterocycles. The van der Waals surface area contributed by atoms with Gasteiger partial charge in [0.05, 0.1) is 35.2 Å². The monoisotopic (exact) mass is 533 g/mol. The van der Waals surface area contributed by atoms with Crippen molar-refractivity contribution in [3.8, 4) is 5.69 Å². The number of pyridine rings is 1. The fraction of sp³-hybridized carbons (Fsp3) is 0.250. The van der Waals surface area contributed by atoms with Gasteiger partial charge < -0.3 is 14.6 Å². The number of nitrogens with zero attached hydrogens (tertiary/aromatic N) is 5. The molecule has 0 saturated carbocycles. The largest absolute Gasteiger partial charge is 0.477 e. The summed E-state index contributed by atoms with van der Waals surface area (Å²) in [6, 6.07) is 7.14. The van der Waals surface area contributed by atoms with E-state index in [0.717, 1.165) is 35.9 Å². The highest BCUT2D eigenvalue weighted by Gasteiger charge is 2.30. The molecule has 8 nitrogen and oxygen atoms in total. The summed E-state index contributed by atoms with van der Waals surface area (Å²) < 4.78 is 57.0. The van der Waals surface area contributed by atoms with E-state index in [0.29, 0.717) is 30.0 Å². The molecule has 4 aromatic rings. The molecule has 0 bridgehead atoms. The number of aromatic carboxylic acids is 1. The van der Waals surface area contributed by atoms with Crippen molar-refractivity contribution in [2.24, 2.45) is 0 Å². The molecule has 5 rings (SSSR count). The number of carboxylic acids is 1. The molecular weight excluding hydrogens is 514 g/mol. The zero-order chi connectivity index (χ0) is 26.3. The molecule has 1 aliphatic rings. The highest BCUT2D eigenvalue weighted by molar-refractivity contribution is 7.99. The number of benzene rings is 2. The Bertz CT molecular complexity index is 1560. The van der Waals surface area contributed by atoms with Crippen LogP contribution in [0.3, 0.4) is 0 Å². The Labute approximate surface area is 211 Å². The first-order chi connectivity index (χ1) is 17.6. The van der Waals surface area contributed by atoms with Crippen molar-refractivity contribution in [1.29, 1.82) is 0 Å². The predicted molar refractivity (Wildman–Crippen MR) is 130 cm³/mol. The lowest BCUT2D eigenvalue weighted by Crippen LogP contribution is -2.33. The van der Waals surface area contributed by atoms with Gasteiger partial charge in [0.1, 0.15) is 17.1 Å². The minimum Gasteiger partial charge on any atom is -0.477 e. The molecule has 0 aliphatic carbocycles. The average molecular weight is 534 g/mol. The third-order valence-electron chi connectivity index (χ3n) is 6.04. The van der Waals surface area contributed by atoms with Gasteiger partial charge in [0, 0.05) is 36.2 Å². The Kier molecular flexibility index (Phi) is 6.40. The Morgan fingerprint density at radius 1 is 1.11 bits per heavy atom. The molecule has 37 heavy (non-hydrogen) atoms. The molecule has 2 aromatic heterocycles. The van der Waals surface area contributed by atoms with Crippen LogP contribution in [-0.2, 0) is 12.7 Å². The third-order valence-corrected chi connectivity index (χ3v) is 6.98. The highest BCUT2D eigenvalue weighted by Crippen LogP contribution is 2.30. The van der Waals surface area contributed by atoms with Gasteiger partial charge in [-0.25, -0.2) is 13.9 Å². The lowest BCUT2D eigenvalue weighted by atomic mass is 10.1. The van der Waals surface area contributed by atoms with Gasteiger partial charge in [0.2, 0.25) is 5.43 Å². The van der Waals surface area contributed by atoms with Gasteiger partial charge in [0.15, 0.2) is 0 Å². The van der Waals surface area contributed by atoms with Crippen molar-refractivity contribution in [2.75, 3.05) is 29.5 Å². The van der Waals surface area contributed by atoms with Gasteiger partial charge in [0.25, 0.3) is 0 Å². The van der Waals surface area contributed by atoms with Crippen LogP contribution < -0.4 is 10.3 Å². The van der Waals surface area contributed by atoms with Gasteiger partial charge in [-0.3, -0.25) is 4.79 Å². The lowest BCUT2D eigenvalue weighted by molar-refractivity contribution is -0.137. The van der Waals surface area contributed by atoms with Gasteiger partial charge >= 0.3 is 12.1 Å². The Morgan fingerprint density at radius 2 is 1.86 bits per heavy atom. The number of fused-ring (bicyclic) bond motifs is 1. The summed E-state index contributed by atoms with van der Waals surface area (Å²) in [5.74, 6) is -0.450. The van der Waals surface area contributed by atoms with Crippen LogP contribution >= 0.6 is 11.8 Å². The van der Waals surface area contributed by atoms with Crippen molar-refractivity contribution < 1.29 is 27.5 Å². The molecule has 192 valence electrons. The van der Waals surface area contributed by atoms with Crippen LogP contribution in [-0.4, -0.2) is 55.2 Å². The number of alkyl halides is 3. The van der Waals surface area contributed by atoms with Gasteiger partial charge in [-0.15, -0.1) is 5.10 Å². The van der Waals surface area contributed by atoms with Crippen LogP contribution in [0.2, 0.25) is 0 Å². The summed E-state index contributed by atoms with van der Waals surface area (Å²) in [4.78, 5) is 26.4. The van der Waals surface area contributed by atoms with E-state index in [2.05, 4.69) is 10.3 Å². The van der Waals surface area contributed by atoms with Crippen LogP contribution in [0.5, 0.6) is 0 Å². The van der Waals surface area contributed by atoms with Gasteiger partial charge in [-0.1, -0.05) is 11.3 Å². The molecule has 0 amide bonds. The van der Waals surface area contributed by atoms with E-state index >= 15 is 4.39 Å². The number of thioether (sulfide) groups is 1. The Balaban J connectivity index is 1.57. The molecule has 0 radical (unpaired) electrons. The second-order valence-corrected chi connectivity index (χ2v) is 9.65. The van der Waals surface area contributed by atoms with Crippen LogP contribution in [0.15, 0.2) is 53.6 Å². The van der Waals surface area contributed by atoms with Gasteiger partial charge in [-0.2, -0.15) is 24.9 Å². The first kappa shape index (κ1) is 24.8. The van der Waals surface area contributed by atoms with E-state index < -0.39 is 34.5 Å². The second-order valence-electron chi connectivity index (χ2n) is 8.43. The standard InChI is InChI=1S/C24H19F4N5O3S/c25-19-9-17-20(10-21(19)31-4-6-37-7-5-31)32(13-18(22(17)34)23(35)36)11-15-12-33(30-29-15)16-3-1-2-14(8-16)24(26,27)28/h1-3,8-10,12-13H,4-7,11H2,(H,35,36). The van der Waals surface area contributed by atoms with E-state index in [1.807, 2.05) is 4.90 Å². The van der Waals surface area contributed by atoms with E-state index in [9.17, 15) is 27.9 Å². The summed E-state index contributed by atoms with van der Waals surface area (Å²) in [7, 11) is 0. The average Bonchev–Trinajstić information content (AvgIpc) is 3.34. The Hall–Kier alpha value is -3.87. The molecule has 1 fully saturated rings. The zero-order valence-corrected chi connectivity index (χ0v) is 19.9. The molecule has 2 aromatic carbocycles. The maximum Gasteiger partial charge on any atom is 0.416 e.